The Balaban J connectivity index is 1.62. The van der Waals surface area contributed by atoms with Crippen molar-refractivity contribution in [2.75, 3.05) is 45.7 Å². The number of amides is 1. The van der Waals surface area contributed by atoms with Crippen LogP contribution in [0, 0.1) is 5.82 Å². The van der Waals surface area contributed by atoms with Crippen molar-refractivity contribution in [2.45, 2.75) is 10.6 Å². The van der Waals surface area contributed by atoms with Gasteiger partial charge >= 0.3 is 0 Å². The van der Waals surface area contributed by atoms with Gasteiger partial charge in [-0.3, -0.25) is 4.79 Å². The van der Waals surface area contributed by atoms with Gasteiger partial charge in [-0.05, 0) is 29.8 Å². The van der Waals surface area contributed by atoms with Crippen LogP contribution in [0.4, 0.5) is 4.39 Å². The molecule has 0 spiro atoms. The van der Waals surface area contributed by atoms with Gasteiger partial charge in [0.05, 0.1) is 30.8 Å². The molecule has 0 unspecified atom stereocenters. The van der Waals surface area contributed by atoms with E-state index in [0.717, 1.165) is 0 Å². The van der Waals surface area contributed by atoms with E-state index in [1.165, 1.54) is 43.1 Å². The number of nitrogens with zero attached hydrogens (tertiary/aromatic N) is 1. The molecule has 168 valence electrons. The molecule has 3 rings (SSSR count). The average Bonchev–Trinajstić information content (AvgIpc) is 2.79. The first kappa shape index (κ1) is 23.5. The molecule has 1 amide bonds. The lowest BCUT2D eigenvalue weighted by atomic mass is 10.1. The highest BCUT2D eigenvalue weighted by molar-refractivity contribution is 7.98. The Morgan fingerprint density at radius 3 is 2.68 bits per heavy atom. The lowest BCUT2D eigenvalue weighted by Gasteiger charge is -2.27. The van der Waals surface area contributed by atoms with Crippen LogP contribution in [0.15, 0.2) is 47.4 Å². The van der Waals surface area contributed by atoms with Crippen LogP contribution in [0.3, 0.4) is 0 Å². The van der Waals surface area contributed by atoms with Gasteiger partial charge in [0.25, 0.3) is 5.91 Å². The van der Waals surface area contributed by atoms with E-state index in [-0.39, 0.29) is 28.7 Å². The second-order valence-corrected chi connectivity index (χ2v) is 9.68. The van der Waals surface area contributed by atoms with Gasteiger partial charge in [-0.15, -0.1) is 0 Å². The first-order valence-electron chi connectivity index (χ1n) is 9.78. The minimum absolute atomic E-state index is 0.0102. The van der Waals surface area contributed by atoms with Crippen LogP contribution in [-0.2, 0) is 20.5 Å². The fourth-order valence-corrected chi connectivity index (χ4v) is 5.12. The molecule has 1 aliphatic heterocycles. The standard InChI is InChI=1S/C21H25FN2O5S2/c1-28-20-7-6-17(14-18(20)21(25)24-9-11-29-12-10-24)31(26,27)23-8-13-30-15-16-4-2-3-5-19(16)22/h2-7,14,23H,8-13,15H2,1H3. The molecule has 0 aliphatic carbocycles. The van der Waals surface area contributed by atoms with Crippen molar-refractivity contribution in [3.8, 4) is 5.75 Å². The zero-order valence-electron chi connectivity index (χ0n) is 17.2. The number of hydrogen-bond acceptors (Lipinski definition) is 6. The van der Waals surface area contributed by atoms with Gasteiger partial charge in [-0.2, -0.15) is 11.8 Å². The van der Waals surface area contributed by atoms with Gasteiger partial charge < -0.3 is 14.4 Å². The van der Waals surface area contributed by atoms with Gasteiger partial charge in [0, 0.05) is 31.1 Å². The summed E-state index contributed by atoms with van der Waals surface area (Å²) >= 11 is 1.43. The van der Waals surface area contributed by atoms with E-state index in [2.05, 4.69) is 4.72 Å². The van der Waals surface area contributed by atoms with E-state index in [0.29, 0.717) is 49.1 Å². The number of sulfonamides is 1. The monoisotopic (exact) mass is 468 g/mol. The molecule has 2 aromatic carbocycles. The van der Waals surface area contributed by atoms with Gasteiger partial charge in [0.1, 0.15) is 11.6 Å². The Labute approximate surface area is 186 Å². The summed E-state index contributed by atoms with van der Waals surface area (Å²) in [5.74, 6) is 0.679. The Morgan fingerprint density at radius 2 is 1.97 bits per heavy atom. The summed E-state index contributed by atoms with van der Waals surface area (Å²) in [6.07, 6.45) is 0. The third-order valence-corrected chi connectivity index (χ3v) is 7.23. The lowest BCUT2D eigenvalue weighted by Crippen LogP contribution is -2.40. The van der Waals surface area contributed by atoms with Crippen LogP contribution < -0.4 is 9.46 Å². The van der Waals surface area contributed by atoms with Crippen molar-refractivity contribution in [3.05, 3.63) is 59.4 Å². The number of halogens is 1. The molecule has 1 N–H and O–H groups in total. The highest BCUT2D eigenvalue weighted by Crippen LogP contribution is 2.24. The fraction of sp³-hybridized carbons (Fsp3) is 0.381. The second kappa shape index (κ2) is 10.9. The summed E-state index contributed by atoms with van der Waals surface area (Å²) < 4.78 is 52.1. The van der Waals surface area contributed by atoms with Crippen LogP contribution in [0.5, 0.6) is 5.75 Å². The molecule has 0 atom stereocenters. The number of hydrogen-bond donors (Lipinski definition) is 1. The molecule has 0 aromatic heterocycles. The molecule has 2 aromatic rings. The quantitative estimate of drug-likeness (QED) is 0.570. The van der Waals surface area contributed by atoms with Crippen LogP contribution in [-0.4, -0.2) is 64.9 Å². The number of rotatable bonds is 9. The van der Waals surface area contributed by atoms with Gasteiger partial charge in [0.15, 0.2) is 0 Å². The van der Waals surface area contributed by atoms with Crippen molar-refractivity contribution in [3.63, 3.8) is 0 Å². The van der Waals surface area contributed by atoms with E-state index < -0.39 is 10.0 Å². The average molecular weight is 469 g/mol. The minimum Gasteiger partial charge on any atom is -0.496 e. The fourth-order valence-electron chi connectivity index (χ4n) is 3.09. The smallest absolute Gasteiger partial charge is 0.257 e. The third-order valence-electron chi connectivity index (χ3n) is 4.76. The van der Waals surface area contributed by atoms with Gasteiger partial charge in [-0.1, -0.05) is 18.2 Å². The number of carbonyl (C=O) groups excluding carboxylic acids is 1. The predicted octanol–water partition coefficient (Wildman–Crippen LogP) is 2.52. The summed E-state index contributed by atoms with van der Waals surface area (Å²) in [6.45, 7) is 1.95. The topological polar surface area (TPSA) is 84.9 Å². The molecule has 0 bridgehead atoms. The number of thioether (sulfide) groups is 1. The summed E-state index contributed by atoms with van der Waals surface area (Å²) in [5, 5.41) is 0. The van der Waals surface area contributed by atoms with Crippen molar-refractivity contribution >= 4 is 27.7 Å². The lowest BCUT2D eigenvalue weighted by molar-refractivity contribution is 0.0300. The Morgan fingerprint density at radius 1 is 1.23 bits per heavy atom. The molecule has 0 saturated carbocycles. The summed E-state index contributed by atoms with van der Waals surface area (Å²) in [7, 11) is -2.38. The largest absolute Gasteiger partial charge is 0.496 e. The summed E-state index contributed by atoms with van der Waals surface area (Å²) in [4.78, 5) is 14.5. The molecular weight excluding hydrogens is 443 g/mol. The molecule has 1 saturated heterocycles. The van der Waals surface area contributed by atoms with E-state index in [1.807, 2.05) is 0 Å². The second-order valence-electron chi connectivity index (χ2n) is 6.81. The number of carbonyl (C=O) groups is 1. The third kappa shape index (κ3) is 6.19. The SMILES string of the molecule is COc1ccc(S(=O)(=O)NCCSCc2ccccc2F)cc1C(=O)N1CCOCC1. The maximum Gasteiger partial charge on any atom is 0.257 e. The van der Waals surface area contributed by atoms with Crippen molar-refractivity contribution < 1.29 is 27.1 Å². The van der Waals surface area contributed by atoms with E-state index in [4.69, 9.17) is 9.47 Å². The molecule has 10 heteroatoms. The zero-order chi connectivity index (χ0) is 22.3. The molecular formula is C21H25FN2O5S2. The Kier molecular flexibility index (Phi) is 8.30. The number of morpholine rings is 1. The molecule has 0 radical (unpaired) electrons. The number of methoxy groups -OCH3 is 1. The predicted molar refractivity (Wildman–Crippen MR) is 117 cm³/mol. The Hall–Kier alpha value is -2.14. The van der Waals surface area contributed by atoms with E-state index in [1.54, 1.807) is 23.1 Å². The highest BCUT2D eigenvalue weighted by Gasteiger charge is 2.24. The maximum atomic E-state index is 13.6. The van der Waals surface area contributed by atoms with Crippen LogP contribution in [0.1, 0.15) is 15.9 Å². The van der Waals surface area contributed by atoms with Crippen LogP contribution in [0.25, 0.3) is 0 Å². The zero-order valence-corrected chi connectivity index (χ0v) is 18.8. The first-order valence-corrected chi connectivity index (χ1v) is 12.4. The van der Waals surface area contributed by atoms with Crippen molar-refractivity contribution in [2.24, 2.45) is 0 Å². The van der Waals surface area contributed by atoms with Crippen molar-refractivity contribution in [1.29, 1.82) is 0 Å². The molecule has 7 nitrogen and oxygen atoms in total. The minimum atomic E-state index is -3.81. The molecule has 1 fully saturated rings. The number of nitrogens with one attached hydrogen (secondary N) is 1. The van der Waals surface area contributed by atoms with Gasteiger partial charge in [-0.25, -0.2) is 17.5 Å². The van der Waals surface area contributed by atoms with Crippen LogP contribution in [0.2, 0.25) is 0 Å². The first-order chi connectivity index (χ1) is 14.9. The Bertz CT molecular complexity index is 1010. The van der Waals surface area contributed by atoms with E-state index >= 15 is 0 Å². The van der Waals surface area contributed by atoms with Gasteiger partial charge in [0.2, 0.25) is 10.0 Å². The normalized spacial score (nSPS) is 14.5. The molecule has 31 heavy (non-hydrogen) atoms. The van der Waals surface area contributed by atoms with Crippen LogP contribution >= 0.6 is 11.8 Å². The maximum absolute atomic E-state index is 13.6. The molecule has 1 heterocycles. The molecule has 1 aliphatic rings. The highest BCUT2D eigenvalue weighted by atomic mass is 32.2. The van der Waals surface area contributed by atoms with Crippen molar-refractivity contribution in [1.82, 2.24) is 9.62 Å². The summed E-state index contributed by atoms with van der Waals surface area (Å²) in [6, 6.07) is 10.7. The number of benzene rings is 2. The number of ether oxygens (including phenoxy) is 2. The van der Waals surface area contributed by atoms with E-state index in [9.17, 15) is 17.6 Å². The summed E-state index contributed by atoms with van der Waals surface area (Å²) in [5.41, 5.74) is 0.776.